The lowest BCUT2D eigenvalue weighted by molar-refractivity contribution is -0.170. The summed E-state index contributed by atoms with van der Waals surface area (Å²) in [5.41, 5.74) is 5.64. The van der Waals surface area contributed by atoms with E-state index < -0.39 is 40.8 Å². The Balaban J connectivity index is 2.08. The molecule has 2 amide bonds. The van der Waals surface area contributed by atoms with Gasteiger partial charge in [-0.15, -0.1) is 0 Å². The summed E-state index contributed by atoms with van der Waals surface area (Å²) in [7, 11) is -3.38. The molecule has 9 N–H and O–H groups in total. The van der Waals surface area contributed by atoms with Gasteiger partial charge in [0.1, 0.15) is 5.84 Å². The molecular weight excluding hydrogens is 651 g/mol. The van der Waals surface area contributed by atoms with E-state index in [9.17, 15) is 41.1 Å². The number of carboxylic acids is 1. The molecule has 0 spiro atoms. The number of hydrogen-bond donors (Lipinski definition) is 7. The number of amidine groups is 1. The number of nitrogens with two attached hydrogens (primary N) is 2. The summed E-state index contributed by atoms with van der Waals surface area (Å²) in [4.78, 5) is 36.9. The molecule has 0 fully saturated rings. The van der Waals surface area contributed by atoms with E-state index in [0.717, 1.165) is 19.2 Å². The predicted octanol–water partition coefficient (Wildman–Crippen LogP) is 2.84. The van der Waals surface area contributed by atoms with Gasteiger partial charge in [0.05, 0.1) is 17.9 Å². The van der Waals surface area contributed by atoms with Crippen molar-refractivity contribution in [1.82, 2.24) is 0 Å². The number of amides is 2. The molecule has 3 rings (SSSR count). The van der Waals surface area contributed by atoms with Crippen LogP contribution in [0.15, 0.2) is 54.6 Å². The van der Waals surface area contributed by atoms with Crippen LogP contribution in [0.1, 0.15) is 28.4 Å². The smallest absolute Gasteiger partial charge is 0.471 e. The van der Waals surface area contributed by atoms with Crippen LogP contribution in [-0.4, -0.2) is 63.6 Å². The molecule has 0 unspecified atom stereocenters. The van der Waals surface area contributed by atoms with Gasteiger partial charge in [-0.3, -0.25) is 19.7 Å². The second-order valence-corrected chi connectivity index (χ2v) is 10.9. The van der Waals surface area contributed by atoms with Gasteiger partial charge in [0.15, 0.2) is 18.1 Å². The average Bonchev–Trinajstić information content (AvgIpc) is 2.97. The predicted molar refractivity (Wildman–Crippen MR) is 166 cm³/mol. The van der Waals surface area contributed by atoms with E-state index in [-0.39, 0.29) is 64.4 Å². The molecule has 0 heterocycles. The highest BCUT2D eigenvalue weighted by Gasteiger charge is 2.41. The summed E-state index contributed by atoms with van der Waals surface area (Å²) in [6.07, 6.45) is -5.20. The SMILES string of the molecule is CCOc1cc(NS(N)(=O)=O)cc(CNc2ccc(N(C)C(=O)C(F)(F)F)cc2C(=O)Nc2ccc(C(=N)N)cc2)c1OCC(=O)O. The van der Waals surface area contributed by atoms with Crippen LogP contribution in [0.3, 0.4) is 0 Å². The summed E-state index contributed by atoms with van der Waals surface area (Å²) >= 11 is 0. The molecular formula is C28H30F3N7O8S. The normalized spacial score (nSPS) is 11.3. The number of aliphatic carboxylic acids is 1. The van der Waals surface area contributed by atoms with Crippen molar-refractivity contribution in [3.05, 3.63) is 71.3 Å². The van der Waals surface area contributed by atoms with E-state index in [1.54, 1.807) is 6.92 Å². The Morgan fingerprint density at radius 3 is 2.23 bits per heavy atom. The number of carbonyl (C=O) groups is 3. The number of anilines is 4. The molecule has 0 aliphatic carbocycles. The molecule has 47 heavy (non-hydrogen) atoms. The van der Waals surface area contributed by atoms with E-state index in [2.05, 4.69) is 15.4 Å². The van der Waals surface area contributed by atoms with E-state index in [0.29, 0.717) is 10.5 Å². The fourth-order valence-corrected chi connectivity index (χ4v) is 4.53. The van der Waals surface area contributed by atoms with Crippen LogP contribution < -0.4 is 40.6 Å². The molecule has 0 radical (unpaired) electrons. The Morgan fingerprint density at radius 2 is 1.68 bits per heavy atom. The topological polar surface area (TPSA) is 239 Å². The molecule has 15 nitrogen and oxygen atoms in total. The van der Waals surface area contributed by atoms with Gasteiger partial charge in [-0.2, -0.15) is 21.6 Å². The molecule has 0 aromatic heterocycles. The first-order valence-electron chi connectivity index (χ1n) is 13.3. The fourth-order valence-electron chi connectivity index (χ4n) is 4.09. The maximum Gasteiger partial charge on any atom is 0.471 e. The van der Waals surface area contributed by atoms with Gasteiger partial charge >= 0.3 is 18.1 Å². The van der Waals surface area contributed by atoms with Gasteiger partial charge < -0.3 is 35.8 Å². The lowest BCUT2D eigenvalue weighted by Gasteiger charge is -2.22. The summed E-state index contributed by atoms with van der Waals surface area (Å²) < 4.78 is 76.0. The zero-order valence-electron chi connectivity index (χ0n) is 24.8. The second-order valence-electron chi connectivity index (χ2n) is 9.62. The minimum atomic E-state index is -5.20. The van der Waals surface area contributed by atoms with Crippen molar-refractivity contribution in [2.75, 3.05) is 40.5 Å². The second kappa shape index (κ2) is 14.7. The Hall–Kier alpha value is -5.56. The fraction of sp³-hybridized carbons (Fsp3) is 0.214. The van der Waals surface area contributed by atoms with Gasteiger partial charge in [0, 0.05) is 47.8 Å². The van der Waals surface area contributed by atoms with Crippen LogP contribution >= 0.6 is 0 Å². The quantitative estimate of drug-likeness (QED) is 0.0970. The standard InChI is InChI=1S/C28H30F3N7O8S/c1-3-45-22-11-18(37-47(34,43)44)10-16(24(22)46-14-23(39)40)13-35-21-9-8-19(38(2)27(42)28(29,30)31)12-20(21)26(41)36-17-6-4-15(5-7-17)25(32)33/h4-12,35,37H,3,13-14H2,1-2H3,(H3,32,33)(H,36,41)(H,39,40)(H2,34,43,44). The summed E-state index contributed by atoms with van der Waals surface area (Å²) in [5.74, 6) is -4.70. The number of nitrogen functional groups attached to an aromatic ring is 1. The van der Waals surface area contributed by atoms with E-state index in [1.165, 1.54) is 42.5 Å². The van der Waals surface area contributed by atoms with Gasteiger partial charge in [0.25, 0.3) is 16.1 Å². The summed E-state index contributed by atoms with van der Waals surface area (Å²) in [6.45, 7) is 0.594. The van der Waals surface area contributed by atoms with Crippen molar-refractivity contribution in [3.63, 3.8) is 0 Å². The average molecular weight is 682 g/mol. The van der Waals surface area contributed by atoms with Gasteiger partial charge in [0.2, 0.25) is 0 Å². The third-order valence-corrected chi connectivity index (χ3v) is 6.66. The van der Waals surface area contributed by atoms with Crippen molar-refractivity contribution in [2.45, 2.75) is 19.6 Å². The Morgan fingerprint density at radius 1 is 1.02 bits per heavy atom. The number of carboxylic acid groups (broad SMARTS) is 1. The molecule has 19 heteroatoms. The highest BCUT2D eigenvalue weighted by Crippen LogP contribution is 2.37. The molecule has 0 saturated carbocycles. The third-order valence-electron chi connectivity index (χ3n) is 6.14. The number of ether oxygens (including phenoxy) is 2. The Kier molecular flexibility index (Phi) is 11.2. The molecule has 0 aliphatic heterocycles. The number of nitrogens with one attached hydrogen (secondary N) is 4. The number of halogens is 3. The van der Waals surface area contributed by atoms with Crippen molar-refractivity contribution >= 4 is 56.6 Å². The summed E-state index contributed by atoms with van der Waals surface area (Å²) in [6, 6.07) is 11.7. The number of carbonyl (C=O) groups excluding carboxylic acids is 2. The van der Waals surface area contributed by atoms with Crippen LogP contribution in [0.25, 0.3) is 0 Å². The minimum Gasteiger partial charge on any atom is -0.490 e. The lowest BCUT2D eigenvalue weighted by Crippen LogP contribution is -2.38. The van der Waals surface area contributed by atoms with E-state index in [4.69, 9.17) is 25.8 Å². The van der Waals surface area contributed by atoms with Crippen molar-refractivity contribution in [3.8, 4) is 11.5 Å². The highest BCUT2D eigenvalue weighted by atomic mass is 32.2. The molecule has 0 bridgehead atoms. The van der Waals surface area contributed by atoms with Gasteiger partial charge in [-0.1, -0.05) is 0 Å². The van der Waals surface area contributed by atoms with Gasteiger partial charge in [-0.25, -0.2) is 9.93 Å². The maximum absolute atomic E-state index is 13.5. The van der Waals surface area contributed by atoms with Crippen LogP contribution in [0, 0.1) is 5.41 Å². The van der Waals surface area contributed by atoms with Crippen LogP contribution in [0.5, 0.6) is 11.5 Å². The van der Waals surface area contributed by atoms with Crippen molar-refractivity contribution in [2.24, 2.45) is 10.9 Å². The van der Waals surface area contributed by atoms with Crippen molar-refractivity contribution < 1.29 is 50.6 Å². The zero-order chi connectivity index (χ0) is 35.1. The van der Waals surface area contributed by atoms with Crippen LogP contribution in [0.4, 0.5) is 35.9 Å². The maximum atomic E-state index is 13.5. The first-order valence-corrected chi connectivity index (χ1v) is 14.9. The van der Waals surface area contributed by atoms with Crippen molar-refractivity contribution in [1.29, 1.82) is 5.41 Å². The zero-order valence-corrected chi connectivity index (χ0v) is 25.6. The van der Waals surface area contributed by atoms with Crippen LogP contribution in [-0.2, 0) is 26.3 Å². The lowest BCUT2D eigenvalue weighted by atomic mass is 10.1. The molecule has 3 aromatic carbocycles. The number of rotatable bonds is 14. The van der Waals surface area contributed by atoms with E-state index in [1.807, 2.05) is 0 Å². The number of benzene rings is 3. The van der Waals surface area contributed by atoms with E-state index >= 15 is 0 Å². The third kappa shape index (κ3) is 9.96. The van der Waals surface area contributed by atoms with Gasteiger partial charge in [-0.05, 0) is 55.5 Å². The van der Waals surface area contributed by atoms with Crippen LogP contribution in [0.2, 0.25) is 0 Å². The molecule has 3 aromatic rings. The number of nitrogens with zero attached hydrogens (tertiary/aromatic N) is 1. The molecule has 252 valence electrons. The molecule has 0 aliphatic rings. The monoisotopic (exact) mass is 681 g/mol. The Labute approximate surface area is 266 Å². The molecule has 0 atom stereocenters. The highest BCUT2D eigenvalue weighted by molar-refractivity contribution is 7.90. The first kappa shape index (κ1) is 35.9. The summed E-state index contributed by atoms with van der Waals surface area (Å²) in [5, 5.41) is 27.3. The Bertz CT molecular complexity index is 1790. The molecule has 0 saturated heterocycles. The largest absolute Gasteiger partial charge is 0.490 e. The number of alkyl halides is 3. The number of hydrogen-bond acceptors (Lipinski definition) is 9. The first-order chi connectivity index (χ1) is 21.9. The minimum absolute atomic E-state index is 0.0337.